The fraction of sp³-hybridized carbons (Fsp3) is 0.882. The molecule has 2 N–H and O–H groups in total. The van der Waals surface area contributed by atoms with Crippen LogP contribution in [0.3, 0.4) is 0 Å². The maximum absolute atomic E-state index is 11.5. The highest BCUT2D eigenvalue weighted by Crippen LogP contribution is 2.41. The molecule has 7 heteroatoms. The predicted octanol–water partition coefficient (Wildman–Crippen LogP) is 2.57. The standard InChI is InChI=1S/C17H33N3O3.HI/c1-5-18-16(19-12-14(2)15(21)23-4)20-13-17(10-11-22-3)8-6-7-9-17;/h14H,5-13H2,1-4H3,(H2,18,19,20);1H. The molecule has 1 fully saturated rings. The molecule has 142 valence electrons. The first-order chi connectivity index (χ1) is 11.1. The van der Waals surface area contributed by atoms with Crippen LogP contribution in [0.2, 0.25) is 0 Å². The number of guanidine groups is 1. The van der Waals surface area contributed by atoms with Crippen LogP contribution in [0.5, 0.6) is 0 Å². The highest BCUT2D eigenvalue weighted by Gasteiger charge is 2.33. The van der Waals surface area contributed by atoms with Gasteiger partial charge in [-0.25, -0.2) is 0 Å². The number of hydrogen-bond donors (Lipinski definition) is 2. The normalized spacial score (nSPS) is 17.8. The molecule has 0 aromatic rings. The summed E-state index contributed by atoms with van der Waals surface area (Å²) in [6.45, 7) is 6.79. The number of carbonyl (C=O) groups excluding carboxylic acids is 1. The van der Waals surface area contributed by atoms with E-state index in [1.165, 1.54) is 32.8 Å². The number of ether oxygens (including phenoxy) is 2. The molecule has 24 heavy (non-hydrogen) atoms. The summed E-state index contributed by atoms with van der Waals surface area (Å²) in [5.74, 6) is 0.366. The molecule has 0 saturated heterocycles. The van der Waals surface area contributed by atoms with Crippen molar-refractivity contribution >= 4 is 35.9 Å². The number of aliphatic imine (C=N–C) groups is 1. The Kier molecular flexibility index (Phi) is 12.4. The Morgan fingerprint density at radius 2 is 1.92 bits per heavy atom. The average Bonchev–Trinajstić information content (AvgIpc) is 3.03. The second kappa shape index (κ2) is 12.7. The van der Waals surface area contributed by atoms with Crippen molar-refractivity contribution < 1.29 is 14.3 Å². The van der Waals surface area contributed by atoms with Gasteiger partial charge in [-0.2, -0.15) is 0 Å². The van der Waals surface area contributed by atoms with Crippen molar-refractivity contribution in [2.24, 2.45) is 16.3 Å². The van der Waals surface area contributed by atoms with Gasteiger partial charge in [-0.15, -0.1) is 24.0 Å². The molecule has 1 atom stereocenters. The summed E-state index contributed by atoms with van der Waals surface area (Å²) in [4.78, 5) is 16.2. The average molecular weight is 455 g/mol. The molecule has 1 rings (SSSR count). The second-order valence-corrected chi connectivity index (χ2v) is 6.45. The molecule has 0 aliphatic heterocycles. The van der Waals surface area contributed by atoms with Gasteiger partial charge in [-0.05, 0) is 31.6 Å². The summed E-state index contributed by atoms with van der Waals surface area (Å²) < 4.78 is 10.0. The SMILES string of the molecule is CCNC(=NCC1(CCOC)CCCC1)NCC(C)C(=O)OC.I. The fourth-order valence-electron chi connectivity index (χ4n) is 3.05. The van der Waals surface area contributed by atoms with Crippen LogP contribution in [0.1, 0.15) is 46.0 Å². The molecule has 0 aromatic heterocycles. The summed E-state index contributed by atoms with van der Waals surface area (Å²) in [7, 11) is 3.17. The van der Waals surface area contributed by atoms with Gasteiger partial charge < -0.3 is 20.1 Å². The highest BCUT2D eigenvalue weighted by atomic mass is 127. The van der Waals surface area contributed by atoms with E-state index in [-0.39, 0.29) is 41.3 Å². The van der Waals surface area contributed by atoms with Gasteiger partial charge in [0.15, 0.2) is 5.96 Å². The Hall–Kier alpha value is -0.570. The first-order valence-electron chi connectivity index (χ1n) is 8.66. The molecule has 1 aliphatic carbocycles. The summed E-state index contributed by atoms with van der Waals surface area (Å²) in [6.07, 6.45) is 6.06. The third-order valence-electron chi connectivity index (χ3n) is 4.60. The molecular formula is C17H34IN3O3. The second-order valence-electron chi connectivity index (χ2n) is 6.45. The quantitative estimate of drug-likeness (QED) is 0.242. The zero-order valence-electron chi connectivity index (χ0n) is 15.5. The van der Waals surface area contributed by atoms with Crippen molar-refractivity contribution in [2.75, 3.05) is 40.5 Å². The third kappa shape index (κ3) is 8.00. The summed E-state index contributed by atoms with van der Waals surface area (Å²) in [5, 5.41) is 6.49. The third-order valence-corrected chi connectivity index (χ3v) is 4.60. The largest absolute Gasteiger partial charge is 0.469 e. The summed E-state index contributed by atoms with van der Waals surface area (Å²) in [6, 6.07) is 0. The molecule has 0 bridgehead atoms. The van der Waals surface area contributed by atoms with Gasteiger partial charge in [-0.1, -0.05) is 19.8 Å². The number of halogens is 1. The van der Waals surface area contributed by atoms with E-state index in [1.807, 2.05) is 13.8 Å². The van der Waals surface area contributed by atoms with Crippen molar-refractivity contribution in [1.82, 2.24) is 10.6 Å². The van der Waals surface area contributed by atoms with E-state index in [1.54, 1.807) is 7.11 Å². The van der Waals surface area contributed by atoms with Crippen LogP contribution >= 0.6 is 24.0 Å². The van der Waals surface area contributed by atoms with Gasteiger partial charge >= 0.3 is 5.97 Å². The van der Waals surface area contributed by atoms with Gasteiger partial charge in [0.2, 0.25) is 0 Å². The van der Waals surface area contributed by atoms with Gasteiger partial charge in [-0.3, -0.25) is 9.79 Å². The van der Waals surface area contributed by atoms with E-state index in [2.05, 4.69) is 10.6 Å². The number of rotatable bonds is 9. The zero-order chi connectivity index (χ0) is 17.1. The van der Waals surface area contributed by atoms with Crippen molar-refractivity contribution in [3.05, 3.63) is 0 Å². The van der Waals surface area contributed by atoms with Crippen LogP contribution in [0, 0.1) is 11.3 Å². The molecule has 1 saturated carbocycles. The van der Waals surface area contributed by atoms with Crippen LogP contribution < -0.4 is 10.6 Å². The zero-order valence-corrected chi connectivity index (χ0v) is 17.9. The first kappa shape index (κ1) is 23.4. The first-order valence-corrected chi connectivity index (χ1v) is 8.66. The Balaban J connectivity index is 0.00000529. The lowest BCUT2D eigenvalue weighted by molar-refractivity contribution is -0.144. The lowest BCUT2D eigenvalue weighted by Crippen LogP contribution is -2.41. The number of hydrogen-bond acceptors (Lipinski definition) is 4. The monoisotopic (exact) mass is 455 g/mol. The fourth-order valence-corrected chi connectivity index (χ4v) is 3.05. The number of nitrogens with zero attached hydrogens (tertiary/aromatic N) is 1. The molecular weight excluding hydrogens is 421 g/mol. The molecule has 0 spiro atoms. The van der Waals surface area contributed by atoms with Crippen LogP contribution in [-0.4, -0.2) is 52.4 Å². The minimum atomic E-state index is -0.208. The summed E-state index contributed by atoms with van der Waals surface area (Å²) >= 11 is 0. The maximum atomic E-state index is 11.5. The minimum Gasteiger partial charge on any atom is -0.469 e. The summed E-state index contributed by atoms with van der Waals surface area (Å²) in [5.41, 5.74) is 0.270. The molecule has 0 aromatic carbocycles. The van der Waals surface area contributed by atoms with E-state index in [0.29, 0.717) is 6.54 Å². The smallest absolute Gasteiger partial charge is 0.310 e. The highest BCUT2D eigenvalue weighted by molar-refractivity contribution is 14.0. The number of esters is 1. The minimum absolute atomic E-state index is 0. The number of methoxy groups -OCH3 is 2. The predicted molar refractivity (Wildman–Crippen MR) is 108 cm³/mol. The van der Waals surface area contributed by atoms with E-state index in [0.717, 1.165) is 32.1 Å². The lowest BCUT2D eigenvalue weighted by Gasteiger charge is -2.27. The van der Waals surface area contributed by atoms with E-state index in [4.69, 9.17) is 14.5 Å². The molecule has 6 nitrogen and oxygen atoms in total. The van der Waals surface area contributed by atoms with Crippen molar-refractivity contribution in [3.63, 3.8) is 0 Å². The molecule has 0 radical (unpaired) electrons. The Morgan fingerprint density at radius 1 is 1.25 bits per heavy atom. The van der Waals surface area contributed by atoms with Crippen molar-refractivity contribution in [2.45, 2.75) is 46.0 Å². The van der Waals surface area contributed by atoms with Crippen LogP contribution in [0.4, 0.5) is 0 Å². The molecule has 1 aliphatic rings. The molecule has 0 amide bonds. The van der Waals surface area contributed by atoms with E-state index < -0.39 is 0 Å². The lowest BCUT2D eigenvalue weighted by atomic mass is 9.83. The molecule has 1 unspecified atom stereocenters. The number of carbonyl (C=O) groups is 1. The Bertz CT molecular complexity index is 385. The van der Waals surface area contributed by atoms with Gasteiger partial charge in [0.05, 0.1) is 13.0 Å². The van der Waals surface area contributed by atoms with Crippen LogP contribution in [-0.2, 0) is 14.3 Å². The van der Waals surface area contributed by atoms with Gasteiger partial charge in [0, 0.05) is 33.4 Å². The molecule has 0 heterocycles. The van der Waals surface area contributed by atoms with Gasteiger partial charge in [0.25, 0.3) is 0 Å². The number of nitrogens with one attached hydrogen (secondary N) is 2. The Morgan fingerprint density at radius 3 is 2.46 bits per heavy atom. The van der Waals surface area contributed by atoms with E-state index >= 15 is 0 Å². The topological polar surface area (TPSA) is 72.0 Å². The van der Waals surface area contributed by atoms with Gasteiger partial charge in [0.1, 0.15) is 0 Å². The Labute approximate surface area is 163 Å². The van der Waals surface area contributed by atoms with Crippen LogP contribution in [0.25, 0.3) is 0 Å². The van der Waals surface area contributed by atoms with Crippen molar-refractivity contribution in [3.8, 4) is 0 Å². The van der Waals surface area contributed by atoms with Crippen molar-refractivity contribution in [1.29, 1.82) is 0 Å². The maximum Gasteiger partial charge on any atom is 0.310 e. The van der Waals surface area contributed by atoms with Crippen LogP contribution in [0.15, 0.2) is 4.99 Å². The van der Waals surface area contributed by atoms with E-state index in [9.17, 15) is 4.79 Å².